The van der Waals surface area contributed by atoms with Gasteiger partial charge in [-0.3, -0.25) is 13.8 Å². The van der Waals surface area contributed by atoms with Crippen molar-refractivity contribution in [3.05, 3.63) is 0 Å². The number of alkyl halides is 1. The summed E-state index contributed by atoms with van der Waals surface area (Å²) in [6.45, 7) is 11.0. The van der Waals surface area contributed by atoms with Gasteiger partial charge in [0.25, 0.3) is 0 Å². The van der Waals surface area contributed by atoms with Crippen molar-refractivity contribution >= 4 is 46.4 Å². The normalized spacial score (nSPS) is 14.2. The van der Waals surface area contributed by atoms with Crippen LogP contribution < -0.4 is 59.1 Å². The van der Waals surface area contributed by atoms with Gasteiger partial charge in [0.1, 0.15) is 0 Å². The molecular formula is C10H29F2INa2O6P3+. The van der Waals surface area contributed by atoms with Crippen molar-refractivity contribution < 1.29 is 96.6 Å². The van der Waals surface area contributed by atoms with Crippen molar-refractivity contribution in [2.24, 2.45) is 0 Å². The summed E-state index contributed by atoms with van der Waals surface area (Å²) in [5.74, 6) is 0. The van der Waals surface area contributed by atoms with Gasteiger partial charge in [-0.05, 0) is 34.4 Å². The predicted octanol–water partition coefficient (Wildman–Crippen LogP) is -0.899. The Labute approximate surface area is 204 Å². The molecule has 24 heavy (non-hydrogen) atoms. The molecule has 6 nitrogen and oxygen atoms in total. The third-order valence-corrected chi connectivity index (χ3v) is 5.11. The molecule has 0 saturated carbocycles. The molecule has 3 unspecified atom stereocenters. The molecule has 0 rings (SSSR count). The van der Waals surface area contributed by atoms with Crippen molar-refractivity contribution in [2.75, 3.05) is 24.2 Å². The maximum Gasteiger partial charge on any atom is 1.00 e. The van der Waals surface area contributed by atoms with Crippen LogP contribution in [-0.4, -0.2) is 46.7 Å². The summed E-state index contributed by atoms with van der Waals surface area (Å²) in [5.41, 5.74) is 0. The summed E-state index contributed by atoms with van der Waals surface area (Å²) in [7, 11) is -5.82. The minimum atomic E-state index is -3.72. The van der Waals surface area contributed by atoms with E-state index in [2.05, 4.69) is 38.3 Å². The second kappa shape index (κ2) is 26.3. The number of hydrogen-bond acceptors (Lipinski definition) is 5. The van der Waals surface area contributed by atoms with Gasteiger partial charge in [0, 0.05) is 17.5 Å². The van der Waals surface area contributed by atoms with E-state index in [0.717, 1.165) is 15.2 Å². The number of halogens is 3. The average Bonchev–Trinajstić information content (AvgIpc) is 2.10. The molecule has 0 heterocycles. The Kier molecular flexibility index (Phi) is 50.3. The van der Waals surface area contributed by atoms with Gasteiger partial charge in [0.05, 0.1) is 12.2 Å². The van der Waals surface area contributed by atoms with E-state index in [4.69, 9.17) is 4.89 Å². The van der Waals surface area contributed by atoms with Crippen molar-refractivity contribution in [1.82, 2.24) is 0 Å². The van der Waals surface area contributed by atoms with Gasteiger partial charge in [0.2, 0.25) is 0 Å². The van der Waals surface area contributed by atoms with E-state index in [0.29, 0.717) is 0 Å². The molecule has 0 aromatic carbocycles. The monoisotopic (exact) mass is 549 g/mol. The van der Waals surface area contributed by atoms with Crippen LogP contribution in [0.3, 0.4) is 0 Å². The zero-order valence-electron chi connectivity index (χ0n) is 15.9. The molecule has 0 aromatic heterocycles. The van der Waals surface area contributed by atoms with E-state index in [9.17, 15) is 13.3 Å². The smallest absolute Gasteiger partial charge is 0.870 e. The van der Waals surface area contributed by atoms with Crippen LogP contribution >= 0.6 is 46.4 Å². The topological polar surface area (TPSA) is 103 Å². The Balaban J connectivity index is -0.0000000348. The number of hydrogen-bond donors (Lipinski definition) is 1. The van der Waals surface area contributed by atoms with Crippen molar-refractivity contribution in [3.63, 3.8) is 0 Å². The van der Waals surface area contributed by atoms with E-state index in [1.807, 2.05) is 0 Å². The van der Waals surface area contributed by atoms with E-state index in [-0.39, 0.29) is 81.5 Å². The molecule has 3 atom stereocenters. The second-order valence-electron chi connectivity index (χ2n) is 4.35. The molecule has 0 aromatic rings. The minimum Gasteiger partial charge on any atom is -0.870 e. The molecule has 0 aliphatic heterocycles. The Morgan fingerprint density at radius 3 is 1.33 bits per heavy atom. The van der Waals surface area contributed by atoms with Gasteiger partial charge in [-0.25, -0.2) is 0 Å². The van der Waals surface area contributed by atoms with Gasteiger partial charge in [0.15, 0.2) is 0 Å². The molecule has 0 spiro atoms. The Morgan fingerprint density at radius 1 is 1.08 bits per heavy atom. The van der Waals surface area contributed by atoms with Gasteiger partial charge >= 0.3 is 74.4 Å². The largest absolute Gasteiger partial charge is 1.00 e. The molecule has 0 fully saturated rings. The zero-order chi connectivity index (χ0) is 17.0. The molecule has 0 amide bonds. The zero-order valence-corrected chi connectivity index (χ0v) is 24.9. The quantitative estimate of drug-likeness (QED) is 0.207. The van der Waals surface area contributed by atoms with Crippen LogP contribution in [0.5, 0.6) is 0 Å². The van der Waals surface area contributed by atoms with Crippen LogP contribution in [-0.2, 0) is 18.2 Å². The second-order valence-corrected chi connectivity index (χ2v) is 11.1. The maximum atomic E-state index is 12.0. The summed E-state index contributed by atoms with van der Waals surface area (Å²) >= 11 is 2.36. The summed E-state index contributed by atoms with van der Waals surface area (Å²) in [5, 5.41) is 0. The molecule has 0 saturated heterocycles. The summed E-state index contributed by atoms with van der Waals surface area (Å²) in [6, 6.07) is 0. The first kappa shape index (κ1) is 45.8. The van der Waals surface area contributed by atoms with Gasteiger partial charge in [-0.1, -0.05) is 22.6 Å². The van der Waals surface area contributed by atoms with E-state index < -0.39 is 15.3 Å². The van der Waals surface area contributed by atoms with Crippen molar-refractivity contribution in [3.8, 4) is 0 Å². The SMILES string of the molecule is CC(C)OP(C)(=O)F.CC(C)OP(C)(=O)O.CPCI.F.[Na+].[Na+].[OH-]. The third kappa shape index (κ3) is 73.0. The van der Waals surface area contributed by atoms with Crippen LogP contribution in [0.4, 0.5) is 8.90 Å². The third-order valence-electron chi connectivity index (χ3n) is 0.939. The summed E-state index contributed by atoms with van der Waals surface area (Å²) < 4.78 is 42.7. The van der Waals surface area contributed by atoms with Gasteiger partial charge < -0.3 is 19.4 Å². The molecule has 142 valence electrons. The first-order valence-corrected chi connectivity index (χ1v) is 13.1. The van der Waals surface area contributed by atoms with Crippen LogP contribution in [0.15, 0.2) is 0 Å². The molecule has 0 bridgehead atoms. The molecule has 0 aliphatic carbocycles. The summed E-state index contributed by atoms with van der Waals surface area (Å²) in [6.07, 6.45) is -0.466. The van der Waals surface area contributed by atoms with Gasteiger partial charge in [-0.2, -0.15) is 4.20 Å². The molecule has 2 N–H and O–H groups in total. The fourth-order valence-electron chi connectivity index (χ4n) is 0.768. The molecular weight excluding hydrogens is 520 g/mol. The van der Waals surface area contributed by atoms with E-state index in [1.54, 1.807) is 27.7 Å². The first-order valence-electron chi connectivity index (χ1n) is 5.90. The average molecular weight is 549 g/mol. The molecule has 0 radical (unpaired) electrons. The van der Waals surface area contributed by atoms with E-state index >= 15 is 0 Å². The standard InChI is InChI=1S/C4H10FO2P.C4H11O3P.C2H6IP.FH.2Na.H2O/c2*1-4(2)7-8(3,5)6;1-4-2-3;;;;/h4H,1-3H3;4H,1-3H3,(H,5,6);4H,2H2,1H3;1H;;;1H2/q;;;;2*+1;/p-1. The Bertz CT molecular complexity index is 289. The predicted molar refractivity (Wildman–Crippen MR) is 100 cm³/mol. The van der Waals surface area contributed by atoms with Crippen LogP contribution in [0.25, 0.3) is 0 Å². The van der Waals surface area contributed by atoms with Crippen LogP contribution in [0.2, 0.25) is 0 Å². The summed E-state index contributed by atoms with van der Waals surface area (Å²) in [4.78, 5) is 8.52. The first-order chi connectivity index (χ1) is 8.75. The molecule has 0 aliphatic rings. The Morgan fingerprint density at radius 2 is 1.33 bits per heavy atom. The molecule has 14 heteroatoms. The van der Waals surface area contributed by atoms with Crippen LogP contribution in [0, 0.1) is 0 Å². The van der Waals surface area contributed by atoms with Gasteiger partial charge in [-0.15, -0.1) is 8.58 Å². The maximum absolute atomic E-state index is 12.0. The van der Waals surface area contributed by atoms with E-state index in [1.165, 1.54) is 10.8 Å². The fraction of sp³-hybridized carbons (Fsp3) is 1.00. The van der Waals surface area contributed by atoms with Crippen molar-refractivity contribution in [2.45, 2.75) is 39.9 Å². The fourth-order valence-corrected chi connectivity index (χ4v) is 2.30. The number of rotatable bonds is 5. The Hall–Kier alpha value is 3.32. The van der Waals surface area contributed by atoms with Crippen LogP contribution in [0.1, 0.15) is 27.7 Å². The minimum absolute atomic E-state index is 0. The van der Waals surface area contributed by atoms with Crippen molar-refractivity contribution in [1.29, 1.82) is 0 Å².